The van der Waals surface area contributed by atoms with Gasteiger partial charge in [0, 0.05) is 25.1 Å². The Labute approximate surface area is 194 Å². The molecule has 4 rings (SSSR count). The Hall–Kier alpha value is -3.67. The quantitative estimate of drug-likeness (QED) is 0.364. The number of aryl methyl sites for hydroxylation is 1. The van der Waals surface area contributed by atoms with Gasteiger partial charge in [-0.3, -0.25) is 4.79 Å². The fraction of sp³-hybridized carbons (Fsp3) is 0.296. The van der Waals surface area contributed by atoms with Crippen LogP contribution >= 0.6 is 0 Å². The Morgan fingerprint density at radius 3 is 2.52 bits per heavy atom. The SMILES string of the molecule is CCCc1ncc(C=C2C(=O)N(CCC)c3ccccc32)n1Cc1ccc(C(=O)OC)cc1. The summed E-state index contributed by atoms with van der Waals surface area (Å²) < 4.78 is 6.95. The zero-order valence-electron chi connectivity index (χ0n) is 19.4. The third kappa shape index (κ3) is 4.46. The third-order valence-corrected chi connectivity index (χ3v) is 5.86. The minimum absolute atomic E-state index is 0.0327. The molecule has 1 amide bonds. The van der Waals surface area contributed by atoms with Crippen molar-refractivity contribution in [2.24, 2.45) is 0 Å². The van der Waals surface area contributed by atoms with E-state index >= 15 is 0 Å². The molecule has 0 unspecified atom stereocenters. The number of para-hydroxylation sites is 1. The zero-order chi connectivity index (χ0) is 23.4. The number of ether oxygens (including phenoxy) is 1. The van der Waals surface area contributed by atoms with Gasteiger partial charge >= 0.3 is 5.97 Å². The van der Waals surface area contributed by atoms with E-state index in [2.05, 4.69) is 23.4 Å². The molecule has 6 heteroatoms. The third-order valence-electron chi connectivity index (χ3n) is 5.86. The number of anilines is 1. The number of aromatic nitrogens is 2. The Morgan fingerprint density at radius 1 is 1.06 bits per heavy atom. The van der Waals surface area contributed by atoms with Crippen molar-refractivity contribution in [3.63, 3.8) is 0 Å². The minimum Gasteiger partial charge on any atom is -0.465 e. The summed E-state index contributed by atoms with van der Waals surface area (Å²) in [5, 5.41) is 0. The number of carbonyl (C=O) groups is 2. The number of carbonyl (C=O) groups excluding carboxylic acids is 2. The highest BCUT2D eigenvalue weighted by Crippen LogP contribution is 2.37. The van der Waals surface area contributed by atoms with E-state index in [4.69, 9.17) is 4.74 Å². The van der Waals surface area contributed by atoms with Crippen LogP contribution in [0.2, 0.25) is 0 Å². The zero-order valence-corrected chi connectivity index (χ0v) is 19.4. The summed E-state index contributed by atoms with van der Waals surface area (Å²) in [7, 11) is 1.38. The van der Waals surface area contributed by atoms with Crippen molar-refractivity contribution in [3.8, 4) is 0 Å². The topological polar surface area (TPSA) is 64.4 Å². The summed E-state index contributed by atoms with van der Waals surface area (Å²) in [6.07, 6.45) is 6.52. The van der Waals surface area contributed by atoms with E-state index in [-0.39, 0.29) is 11.9 Å². The molecule has 33 heavy (non-hydrogen) atoms. The van der Waals surface area contributed by atoms with Gasteiger partial charge in [0.15, 0.2) is 0 Å². The molecule has 3 aromatic rings. The molecule has 1 aliphatic heterocycles. The normalized spacial score (nSPS) is 14.1. The van der Waals surface area contributed by atoms with Crippen molar-refractivity contribution >= 4 is 29.2 Å². The molecule has 0 saturated carbocycles. The van der Waals surface area contributed by atoms with E-state index in [0.29, 0.717) is 24.2 Å². The van der Waals surface area contributed by atoms with Crippen LogP contribution in [0.15, 0.2) is 54.7 Å². The first-order valence-corrected chi connectivity index (χ1v) is 11.4. The molecule has 0 atom stereocenters. The standard InChI is InChI=1S/C27H29N3O3/c1-4-8-25-28-17-21(30(25)18-19-11-13-20(14-12-19)27(32)33-3)16-23-22-9-6-7-10-24(22)29(15-5-2)26(23)31/h6-7,9-14,16-17H,4-5,8,15,18H2,1-3H3. The smallest absolute Gasteiger partial charge is 0.337 e. The van der Waals surface area contributed by atoms with Crippen molar-refractivity contribution in [2.45, 2.75) is 39.7 Å². The van der Waals surface area contributed by atoms with Gasteiger partial charge in [0.1, 0.15) is 5.82 Å². The van der Waals surface area contributed by atoms with Crippen LogP contribution in [0.3, 0.4) is 0 Å². The number of amides is 1. The molecule has 0 spiro atoms. The molecule has 0 radical (unpaired) electrons. The van der Waals surface area contributed by atoms with E-state index in [1.54, 1.807) is 12.1 Å². The first kappa shape index (κ1) is 22.5. The lowest BCUT2D eigenvalue weighted by Crippen LogP contribution is -2.26. The fourth-order valence-electron chi connectivity index (χ4n) is 4.24. The monoisotopic (exact) mass is 443 g/mol. The average Bonchev–Trinajstić information content (AvgIpc) is 3.33. The number of methoxy groups -OCH3 is 1. The number of imidazole rings is 1. The number of benzene rings is 2. The maximum absolute atomic E-state index is 13.3. The molecule has 6 nitrogen and oxygen atoms in total. The maximum atomic E-state index is 13.3. The summed E-state index contributed by atoms with van der Waals surface area (Å²) in [5.74, 6) is 0.659. The first-order chi connectivity index (χ1) is 16.1. The van der Waals surface area contributed by atoms with E-state index in [0.717, 1.165) is 47.6 Å². The lowest BCUT2D eigenvalue weighted by Gasteiger charge is -2.15. The predicted molar refractivity (Wildman–Crippen MR) is 130 cm³/mol. The second-order valence-electron chi connectivity index (χ2n) is 8.16. The number of nitrogens with zero attached hydrogens (tertiary/aromatic N) is 3. The summed E-state index contributed by atoms with van der Waals surface area (Å²) in [5.41, 5.74) is 5.09. The molecule has 0 bridgehead atoms. The Morgan fingerprint density at radius 2 is 1.82 bits per heavy atom. The van der Waals surface area contributed by atoms with Crippen molar-refractivity contribution in [2.75, 3.05) is 18.6 Å². The molecular formula is C27H29N3O3. The molecule has 1 aromatic heterocycles. The Bertz CT molecular complexity index is 1190. The number of hydrogen-bond donors (Lipinski definition) is 0. The highest BCUT2D eigenvalue weighted by atomic mass is 16.5. The fourth-order valence-corrected chi connectivity index (χ4v) is 4.24. The lowest BCUT2D eigenvalue weighted by molar-refractivity contribution is -0.113. The second kappa shape index (κ2) is 9.86. The molecule has 170 valence electrons. The molecule has 1 aliphatic rings. The highest BCUT2D eigenvalue weighted by molar-refractivity contribution is 6.35. The van der Waals surface area contributed by atoms with Crippen LogP contribution in [0.1, 0.15) is 59.7 Å². The van der Waals surface area contributed by atoms with Gasteiger partial charge in [-0.25, -0.2) is 9.78 Å². The maximum Gasteiger partial charge on any atom is 0.337 e. The van der Waals surface area contributed by atoms with Gasteiger partial charge in [0.05, 0.1) is 35.8 Å². The van der Waals surface area contributed by atoms with Gasteiger partial charge in [-0.05, 0) is 42.7 Å². The first-order valence-electron chi connectivity index (χ1n) is 11.4. The van der Waals surface area contributed by atoms with Gasteiger partial charge in [-0.1, -0.05) is 44.2 Å². The van der Waals surface area contributed by atoms with Crippen molar-refractivity contribution < 1.29 is 14.3 Å². The minimum atomic E-state index is -0.351. The van der Waals surface area contributed by atoms with Gasteiger partial charge in [0.2, 0.25) is 0 Å². The van der Waals surface area contributed by atoms with E-state index in [1.807, 2.05) is 53.6 Å². The van der Waals surface area contributed by atoms with Crippen molar-refractivity contribution in [1.29, 1.82) is 0 Å². The van der Waals surface area contributed by atoms with Crippen LogP contribution in [-0.2, 0) is 22.5 Å². The van der Waals surface area contributed by atoms with Crippen LogP contribution in [0.4, 0.5) is 5.69 Å². The van der Waals surface area contributed by atoms with Crippen LogP contribution in [0, 0.1) is 0 Å². The molecule has 2 aromatic carbocycles. The van der Waals surface area contributed by atoms with E-state index in [1.165, 1.54) is 7.11 Å². The molecular weight excluding hydrogens is 414 g/mol. The molecule has 0 fully saturated rings. The van der Waals surface area contributed by atoms with Crippen molar-refractivity contribution in [1.82, 2.24) is 9.55 Å². The van der Waals surface area contributed by atoms with Crippen LogP contribution in [0.5, 0.6) is 0 Å². The summed E-state index contributed by atoms with van der Waals surface area (Å²) in [4.78, 5) is 31.5. The molecule has 0 aliphatic carbocycles. The number of esters is 1. The van der Waals surface area contributed by atoms with E-state index in [9.17, 15) is 9.59 Å². The summed E-state index contributed by atoms with van der Waals surface area (Å²) in [6.45, 7) is 5.50. The highest BCUT2D eigenvalue weighted by Gasteiger charge is 2.31. The Balaban J connectivity index is 1.71. The van der Waals surface area contributed by atoms with E-state index < -0.39 is 0 Å². The number of fused-ring (bicyclic) bond motifs is 1. The van der Waals surface area contributed by atoms with Gasteiger partial charge in [-0.2, -0.15) is 0 Å². The molecule has 2 heterocycles. The Kier molecular flexibility index (Phi) is 6.73. The van der Waals surface area contributed by atoms with Crippen LogP contribution in [0.25, 0.3) is 11.6 Å². The van der Waals surface area contributed by atoms with Crippen LogP contribution in [-0.4, -0.2) is 35.1 Å². The lowest BCUT2D eigenvalue weighted by atomic mass is 10.1. The summed E-state index contributed by atoms with van der Waals surface area (Å²) in [6, 6.07) is 15.4. The van der Waals surface area contributed by atoms with Gasteiger partial charge in [-0.15, -0.1) is 0 Å². The predicted octanol–water partition coefficient (Wildman–Crippen LogP) is 4.97. The van der Waals surface area contributed by atoms with Crippen LogP contribution < -0.4 is 4.90 Å². The second-order valence-corrected chi connectivity index (χ2v) is 8.16. The number of rotatable bonds is 8. The van der Waals surface area contributed by atoms with Gasteiger partial charge in [0.25, 0.3) is 5.91 Å². The van der Waals surface area contributed by atoms with Crippen molar-refractivity contribution in [3.05, 3.63) is 82.9 Å². The average molecular weight is 444 g/mol. The molecule has 0 saturated heterocycles. The summed E-state index contributed by atoms with van der Waals surface area (Å²) >= 11 is 0. The molecule has 0 N–H and O–H groups in total. The number of hydrogen-bond acceptors (Lipinski definition) is 4. The largest absolute Gasteiger partial charge is 0.465 e. The van der Waals surface area contributed by atoms with Gasteiger partial charge < -0.3 is 14.2 Å².